The zero-order chi connectivity index (χ0) is 12.3. The maximum absolute atomic E-state index is 12.0. The number of nitrogens with two attached hydrogens (primary N) is 1. The summed E-state index contributed by atoms with van der Waals surface area (Å²) in [6.07, 6.45) is 6.87. The summed E-state index contributed by atoms with van der Waals surface area (Å²) in [4.78, 5) is 17.8. The highest BCUT2D eigenvalue weighted by Crippen LogP contribution is 2.16. The van der Waals surface area contributed by atoms with Gasteiger partial charge in [0.15, 0.2) is 0 Å². The highest BCUT2D eigenvalue weighted by atomic mass is 16.2. The second-order valence-corrected chi connectivity index (χ2v) is 4.82. The van der Waals surface area contributed by atoms with E-state index in [0.717, 1.165) is 13.0 Å². The lowest BCUT2D eigenvalue weighted by atomic mass is 9.94. The molecule has 1 aliphatic heterocycles. The monoisotopic (exact) mass is 236 g/mol. The molecule has 17 heavy (non-hydrogen) atoms. The van der Waals surface area contributed by atoms with Gasteiger partial charge in [0, 0.05) is 44.5 Å². The summed E-state index contributed by atoms with van der Waals surface area (Å²) >= 11 is 0. The predicted octanol–water partition coefficient (Wildman–Crippen LogP) is 0.469. The van der Waals surface area contributed by atoms with Gasteiger partial charge in [0.05, 0.1) is 6.33 Å². The number of carbonyl (C=O) groups excluding carboxylic acids is 1. The maximum Gasteiger partial charge on any atom is 0.224 e. The second-order valence-electron chi connectivity index (χ2n) is 4.82. The fourth-order valence-electron chi connectivity index (χ4n) is 2.13. The smallest absolute Gasteiger partial charge is 0.224 e. The summed E-state index contributed by atoms with van der Waals surface area (Å²) in [6.45, 7) is 4.39. The van der Waals surface area contributed by atoms with E-state index in [1.807, 2.05) is 15.7 Å². The number of likely N-dealkylation sites (tertiary alicyclic amines) is 1. The van der Waals surface area contributed by atoms with Crippen molar-refractivity contribution in [2.45, 2.75) is 32.4 Å². The number of nitrogens with zero attached hydrogens (tertiary/aromatic N) is 3. The van der Waals surface area contributed by atoms with Crippen LogP contribution in [0.25, 0.3) is 0 Å². The Balaban J connectivity index is 1.80. The number of imidazole rings is 1. The first-order valence-electron chi connectivity index (χ1n) is 6.16. The van der Waals surface area contributed by atoms with Gasteiger partial charge in [-0.15, -0.1) is 0 Å². The molecule has 1 aromatic heterocycles. The van der Waals surface area contributed by atoms with E-state index in [2.05, 4.69) is 11.9 Å². The molecule has 2 heterocycles. The minimum atomic E-state index is 0.126. The lowest BCUT2D eigenvalue weighted by Crippen LogP contribution is -2.49. The number of hydrogen-bond acceptors (Lipinski definition) is 3. The molecule has 0 saturated carbocycles. The van der Waals surface area contributed by atoms with E-state index in [9.17, 15) is 4.79 Å². The molecule has 1 saturated heterocycles. The van der Waals surface area contributed by atoms with Crippen LogP contribution in [-0.2, 0) is 11.3 Å². The number of rotatable bonds is 3. The molecule has 0 aliphatic carbocycles. The summed E-state index contributed by atoms with van der Waals surface area (Å²) in [5, 5.41) is 0. The Kier molecular flexibility index (Phi) is 3.78. The van der Waals surface area contributed by atoms with Crippen LogP contribution in [0.4, 0.5) is 0 Å². The molecule has 2 unspecified atom stereocenters. The van der Waals surface area contributed by atoms with Crippen LogP contribution in [0.2, 0.25) is 0 Å². The third-order valence-corrected chi connectivity index (χ3v) is 3.51. The van der Waals surface area contributed by atoms with Crippen molar-refractivity contribution in [3.8, 4) is 0 Å². The second kappa shape index (κ2) is 5.31. The molecule has 1 aromatic rings. The van der Waals surface area contributed by atoms with Gasteiger partial charge in [0.25, 0.3) is 0 Å². The van der Waals surface area contributed by atoms with Crippen LogP contribution in [0.3, 0.4) is 0 Å². The van der Waals surface area contributed by atoms with Gasteiger partial charge in [0.1, 0.15) is 0 Å². The average Bonchev–Trinajstić information content (AvgIpc) is 2.82. The summed E-state index contributed by atoms with van der Waals surface area (Å²) < 4.78 is 1.92. The number of carbonyl (C=O) groups is 1. The molecular weight excluding hydrogens is 216 g/mol. The number of aromatic nitrogens is 2. The Morgan fingerprint density at radius 1 is 1.59 bits per heavy atom. The molecule has 2 rings (SSSR count). The van der Waals surface area contributed by atoms with Gasteiger partial charge < -0.3 is 15.2 Å². The molecule has 0 bridgehead atoms. The molecule has 2 atom stereocenters. The molecule has 1 amide bonds. The molecule has 5 nitrogen and oxygen atoms in total. The molecule has 0 radical (unpaired) electrons. The van der Waals surface area contributed by atoms with E-state index in [-0.39, 0.29) is 11.9 Å². The predicted molar refractivity (Wildman–Crippen MR) is 65.2 cm³/mol. The highest BCUT2D eigenvalue weighted by Gasteiger charge is 2.25. The molecule has 0 spiro atoms. The van der Waals surface area contributed by atoms with Gasteiger partial charge >= 0.3 is 0 Å². The number of piperidine rings is 1. The quantitative estimate of drug-likeness (QED) is 0.829. The Morgan fingerprint density at radius 3 is 3.06 bits per heavy atom. The van der Waals surface area contributed by atoms with Crippen molar-refractivity contribution in [2.75, 3.05) is 13.1 Å². The summed E-state index contributed by atoms with van der Waals surface area (Å²) in [5.41, 5.74) is 5.99. The molecule has 5 heteroatoms. The standard InChI is InChI=1S/C12H20N4O/c1-10-2-6-16(8-11(10)13)12(17)3-5-15-7-4-14-9-15/h4,7,9-11H,2-3,5-6,8,13H2,1H3. The van der Waals surface area contributed by atoms with E-state index in [0.29, 0.717) is 25.4 Å². The topological polar surface area (TPSA) is 64.2 Å². The lowest BCUT2D eigenvalue weighted by Gasteiger charge is -2.35. The minimum Gasteiger partial charge on any atom is -0.341 e. The van der Waals surface area contributed by atoms with Crippen molar-refractivity contribution < 1.29 is 4.79 Å². The summed E-state index contributed by atoms with van der Waals surface area (Å²) in [5.74, 6) is 0.716. The third kappa shape index (κ3) is 3.06. The fourth-order valence-corrected chi connectivity index (χ4v) is 2.13. The van der Waals surface area contributed by atoms with Crippen molar-refractivity contribution in [3.05, 3.63) is 18.7 Å². The van der Waals surface area contributed by atoms with Crippen LogP contribution in [0.1, 0.15) is 19.8 Å². The molecule has 94 valence electrons. The van der Waals surface area contributed by atoms with Crippen LogP contribution >= 0.6 is 0 Å². The Hall–Kier alpha value is -1.36. The van der Waals surface area contributed by atoms with E-state index in [1.165, 1.54) is 0 Å². The van der Waals surface area contributed by atoms with Crippen molar-refractivity contribution >= 4 is 5.91 Å². The first kappa shape index (κ1) is 12.1. The van der Waals surface area contributed by atoms with Gasteiger partial charge in [-0.25, -0.2) is 4.98 Å². The largest absolute Gasteiger partial charge is 0.341 e. The first-order valence-corrected chi connectivity index (χ1v) is 6.16. The van der Waals surface area contributed by atoms with Crippen LogP contribution in [0.15, 0.2) is 18.7 Å². The van der Waals surface area contributed by atoms with E-state index < -0.39 is 0 Å². The molecule has 2 N–H and O–H groups in total. The number of hydrogen-bond donors (Lipinski definition) is 1. The van der Waals surface area contributed by atoms with Gasteiger partial charge in [0.2, 0.25) is 5.91 Å². The molecule has 0 aromatic carbocycles. The fraction of sp³-hybridized carbons (Fsp3) is 0.667. The number of amides is 1. The van der Waals surface area contributed by atoms with Crippen LogP contribution in [0, 0.1) is 5.92 Å². The zero-order valence-corrected chi connectivity index (χ0v) is 10.2. The molecule has 1 aliphatic rings. The van der Waals surface area contributed by atoms with E-state index in [1.54, 1.807) is 12.5 Å². The zero-order valence-electron chi connectivity index (χ0n) is 10.2. The van der Waals surface area contributed by atoms with Crippen LogP contribution in [-0.4, -0.2) is 39.5 Å². The minimum absolute atomic E-state index is 0.126. The van der Waals surface area contributed by atoms with Gasteiger partial charge in [-0.05, 0) is 12.3 Å². The van der Waals surface area contributed by atoms with Crippen molar-refractivity contribution in [2.24, 2.45) is 11.7 Å². The summed E-state index contributed by atoms with van der Waals surface area (Å²) in [7, 11) is 0. The van der Waals surface area contributed by atoms with Gasteiger partial charge in [-0.1, -0.05) is 6.92 Å². The van der Waals surface area contributed by atoms with Gasteiger partial charge in [-0.3, -0.25) is 4.79 Å². The van der Waals surface area contributed by atoms with Crippen molar-refractivity contribution in [1.82, 2.24) is 14.5 Å². The van der Waals surface area contributed by atoms with Gasteiger partial charge in [-0.2, -0.15) is 0 Å². The van der Waals surface area contributed by atoms with Crippen molar-refractivity contribution in [1.29, 1.82) is 0 Å². The maximum atomic E-state index is 12.0. The average molecular weight is 236 g/mol. The summed E-state index contributed by atoms with van der Waals surface area (Å²) in [6, 6.07) is 0.126. The molecule has 1 fully saturated rings. The Morgan fingerprint density at radius 2 is 2.41 bits per heavy atom. The number of aryl methyl sites for hydroxylation is 1. The SMILES string of the molecule is CC1CCN(C(=O)CCn2ccnc2)CC1N. The Bertz CT molecular complexity index is 363. The first-order chi connectivity index (χ1) is 8.16. The molecular formula is C12H20N4O. The van der Waals surface area contributed by atoms with Crippen molar-refractivity contribution in [3.63, 3.8) is 0 Å². The normalized spacial score (nSPS) is 24.9. The van der Waals surface area contributed by atoms with Crippen LogP contribution < -0.4 is 5.73 Å². The highest BCUT2D eigenvalue weighted by molar-refractivity contribution is 5.76. The third-order valence-electron chi connectivity index (χ3n) is 3.51. The lowest BCUT2D eigenvalue weighted by molar-refractivity contribution is -0.133. The van der Waals surface area contributed by atoms with E-state index >= 15 is 0 Å². The van der Waals surface area contributed by atoms with Crippen LogP contribution in [0.5, 0.6) is 0 Å². The van der Waals surface area contributed by atoms with E-state index in [4.69, 9.17) is 5.73 Å². The Labute approximate surface area is 102 Å².